The first kappa shape index (κ1) is 55.8. The Kier molecular flexibility index (Phi) is 40.0. The third-order valence-electron chi connectivity index (χ3n) is 11.1. The van der Waals surface area contributed by atoms with E-state index in [0.717, 1.165) is 57.8 Å². The second-order valence-corrected chi connectivity index (χ2v) is 17.8. The zero-order valence-electron chi connectivity index (χ0n) is 38.8. The van der Waals surface area contributed by atoms with Gasteiger partial charge in [-0.15, -0.1) is 0 Å². The highest BCUT2D eigenvalue weighted by molar-refractivity contribution is 5.72. The Morgan fingerprint density at radius 3 is 1.29 bits per heavy atom. The van der Waals surface area contributed by atoms with Crippen molar-refractivity contribution in [2.24, 2.45) is 0 Å². The number of likely N-dealkylation sites (N-methyl/N-ethyl adjacent to an activating group) is 1. The summed E-state index contributed by atoms with van der Waals surface area (Å²) in [6.07, 6.45) is 46.4. The van der Waals surface area contributed by atoms with Crippen LogP contribution >= 0.6 is 0 Å². The zero-order valence-corrected chi connectivity index (χ0v) is 38.8. The van der Waals surface area contributed by atoms with Gasteiger partial charge in [-0.25, -0.2) is 4.79 Å². The van der Waals surface area contributed by atoms with Crippen LogP contribution < -0.4 is 0 Å². The Labute approximate surface area is 358 Å². The minimum absolute atomic E-state index is 0.0545. The Balaban J connectivity index is 4.29. The van der Waals surface area contributed by atoms with Crippen molar-refractivity contribution in [3.63, 3.8) is 0 Å². The summed E-state index contributed by atoms with van der Waals surface area (Å²) in [4.78, 5) is 37.1. The number of aliphatic carboxylic acids is 1. The number of hydrogen-bond donors (Lipinski definition) is 1. The number of carbonyl (C=O) groups excluding carboxylic acids is 2. The normalized spacial score (nSPS) is 13.1. The molecule has 8 heteroatoms. The molecule has 0 aliphatic heterocycles. The molecule has 0 rings (SSSR count). The molecule has 1 N–H and O–H groups in total. The second kappa shape index (κ2) is 41.5. The molecule has 0 fully saturated rings. The van der Waals surface area contributed by atoms with Gasteiger partial charge in [-0.05, 0) is 38.5 Å². The van der Waals surface area contributed by atoms with Gasteiger partial charge in [-0.1, -0.05) is 192 Å². The first-order valence-electron chi connectivity index (χ1n) is 24.4. The molecule has 0 aliphatic rings. The van der Waals surface area contributed by atoms with E-state index in [0.29, 0.717) is 19.3 Å². The lowest BCUT2D eigenvalue weighted by Crippen LogP contribution is -2.50. The van der Waals surface area contributed by atoms with E-state index in [1.807, 2.05) is 21.1 Å². The maximum atomic E-state index is 12.8. The van der Waals surface area contributed by atoms with E-state index in [2.05, 4.69) is 38.2 Å². The Bertz CT molecular complexity index is 1000. The van der Waals surface area contributed by atoms with Gasteiger partial charge in [0.05, 0.1) is 34.4 Å². The van der Waals surface area contributed by atoms with Crippen LogP contribution in [0.2, 0.25) is 0 Å². The molecule has 2 atom stereocenters. The van der Waals surface area contributed by atoms with Gasteiger partial charge in [0, 0.05) is 19.3 Å². The highest BCUT2D eigenvalue weighted by atomic mass is 16.6. The van der Waals surface area contributed by atoms with E-state index in [4.69, 9.17) is 14.2 Å². The number of carbonyl (C=O) groups is 3. The topological polar surface area (TPSA) is 99.1 Å². The molecule has 0 heterocycles. The molecule has 340 valence electrons. The fourth-order valence-corrected chi connectivity index (χ4v) is 7.32. The van der Waals surface area contributed by atoms with Crippen LogP contribution in [0, 0.1) is 0 Å². The van der Waals surface area contributed by atoms with Crippen LogP contribution in [0.15, 0.2) is 24.3 Å². The van der Waals surface area contributed by atoms with Gasteiger partial charge in [0.1, 0.15) is 6.61 Å². The fourth-order valence-electron chi connectivity index (χ4n) is 7.32. The van der Waals surface area contributed by atoms with E-state index in [1.165, 1.54) is 135 Å². The van der Waals surface area contributed by atoms with Crippen molar-refractivity contribution in [1.29, 1.82) is 0 Å². The lowest BCUT2D eigenvalue weighted by Gasteiger charge is -2.31. The third kappa shape index (κ3) is 39.3. The van der Waals surface area contributed by atoms with Gasteiger partial charge in [0.25, 0.3) is 0 Å². The van der Waals surface area contributed by atoms with Crippen LogP contribution in [0.3, 0.4) is 0 Å². The molecule has 0 bridgehead atoms. The van der Waals surface area contributed by atoms with Crippen molar-refractivity contribution >= 4 is 17.9 Å². The van der Waals surface area contributed by atoms with Crippen molar-refractivity contribution in [2.75, 3.05) is 41.0 Å². The number of hydrogen-bond acceptors (Lipinski definition) is 6. The van der Waals surface area contributed by atoms with E-state index >= 15 is 0 Å². The lowest BCUT2D eigenvalue weighted by molar-refractivity contribution is -0.887. The largest absolute Gasteiger partial charge is 0.477 e. The summed E-state index contributed by atoms with van der Waals surface area (Å²) in [5.74, 6) is -1.47. The number of carboxylic acids is 1. The molecule has 0 amide bonds. The number of nitrogens with zero attached hydrogens (tertiary/aromatic N) is 1. The standard InChI is InChI=1S/C50H93NO7/c1-6-8-10-12-14-16-18-20-22-24-25-27-28-30-32-34-36-38-40-48(52)57-45-46(44-56-43-42-47(50(54)55)51(3,4)5)58-49(53)41-39-37-35-33-31-29-26-23-21-19-17-15-13-11-9-7-2/h22,24-25,27,46-47H,6-21,23,26,28-45H2,1-5H3/p+1/b24-22+,27-25+. The average Bonchev–Trinajstić information content (AvgIpc) is 3.18. The molecule has 8 nitrogen and oxygen atoms in total. The molecule has 0 saturated carbocycles. The zero-order chi connectivity index (χ0) is 42.8. The lowest BCUT2D eigenvalue weighted by atomic mass is 10.0. The molecule has 0 radical (unpaired) electrons. The Morgan fingerprint density at radius 2 is 0.897 bits per heavy atom. The number of ether oxygens (including phenoxy) is 3. The monoisotopic (exact) mass is 821 g/mol. The molecule has 0 aromatic heterocycles. The van der Waals surface area contributed by atoms with Gasteiger partial charge in [-0.2, -0.15) is 0 Å². The van der Waals surface area contributed by atoms with Gasteiger partial charge < -0.3 is 23.8 Å². The summed E-state index contributed by atoms with van der Waals surface area (Å²) >= 11 is 0. The molecule has 0 aromatic carbocycles. The summed E-state index contributed by atoms with van der Waals surface area (Å²) in [5.41, 5.74) is 0. The van der Waals surface area contributed by atoms with Crippen LogP contribution in [0.5, 0.6) is 0 Å². The van der Waals surface area contributed by atoms with E-state index in [-0.39, 0.29) is 36.2 Å². The third-order valence-corrected chi connectivity index (χ3v) is 11.1. The quantitative estimate of drug-likeness (QED) is 0.0283. The van der Waals surface area contributed by atoms with E-state index in [1.54, 1.807) is 0 Å². The highest BCUT2D eigenvalue weighted by Gasteiger charge is 2.31. The van der Waals surface area contributed by atoms with Crippen molar-refractivity contribution in [3.05, 3.63) is 24.3 Å². The van der Waals surface area contributed by atoms with Crippen molar-refractivity contribution in [3.8, 4) is 0 Å². The molecular formula is C50H94NO7+. The maximum Gasteiger partial charge on any atom is 0.362 e. The van der Waals surface area contributed by atoms with Crippen LogP contribution in [0.1, 0.15) is 226 Å². The fraction of sp³-hybridized carbons (Fsp3) is 0.860. The first-order chi connectivity index (χ1) is 28.1. The van der Waals surface area contributed by atoms with Gasteiger partial charge >= 0.3 is 17.9 Å². The predicted molar refractivity (Wildman–Crippen MR) is 243 cm³/mol. The summed E-state index contributed by atoms with van der Waals surface area (Å²) in [6, 6.07) is -0.614. The number of quaternary nitrogens is 1. The maximum absolute atomic E-state index is 12.8. The van der Waals surface area contributed by atoms with Crippen LogP contribution in [0.4, 0.5) is 0 Å². The van der Waals surface area contributed by atoms with Gasteiger partial charge in [0.2, 0.25) is 0 Å². The van der Waals surface area contributed by atoms with Gasteiger partial charge in [-0.3, -0.25) is 9.59 Å². The molecule has 0 saturated heterocycles. The number of carboxylic acid groups (broad SMARTS) is 1. The molecule has 0 spiro atoms. The number of unbranched alkanes of at least 4 members (excludes halogenated alkanes) is 27. The first-order valence-corrected chi connectivity index (χ1v) is 24.4. The SMILES string of the molecule is CCCCCCCCC/C=C/C=C/CCCCCCCC(=O)OCC(COCCC(C(=O)O)[N+](C)(C)C)OC(=O)CCCCCCCCCCCCCCCCCC. The summed E-state index contributed by atoms with van der Waals surface area (Å²) in [6.45, 7) is 4.75. The Morgan fingerprint density at radius 1 is 0.517 bits per heavy atom. The minimum atomic E-state index is -0.874. The number of esters is 2. The van der Waals surface area contributed by atoms with E-state index in [9.17, 15) is 19.5 Å². The molecular weight excluding hydrogens is 727 g/mol. The summed E-state index contributed by atoms with van der Waals surface area (Å²) in [7, 11) is 5.53. The molecule has 58 heavy (non-hydrogen) atoms. The van der Waals surface area contributed by atoms with Crippen LogP contribution in [0.25, 0.3) is 0 Å². The van der Waals surface area contributed by atoms with Crippen molar-refractivity contribution in [2.45, 2.75) is 238 Å². The van der Waals surface area contributed by atoms with Crippen LogP contribution in [-0.2, 0) is 28.6 Å². The smallest absolute Gasteiger partial charge is 0.362 e. The van der Waals surface area contributed by atoms with Crippen molar-refractivity contribution in [1.82, 2.24) is 0 Å². The summed E-state index contributed by atoms with van der Waals surface area (Å²) < 4.78 is 17.3. The van der Waals surface area contributed by atoms with E-state index < -0.39 is 18.1 Å². The van der Waals surface area contributed by atoms with Gasteiger partial charge in [0.15, 0.2) is 12.1 Å². The number of rotatable bonds is 44. The summed E-state index contributed by atoms with van der Waals surface area (Å²) in [5, 5.41) is 9.64. The molecule has 0 aromatic rings. The highest BCUT2D eigenvalue weighted by Crippen LogP contribution is 2.16. The Hall–Kier alpha value is -2.19. The number of allylic oxidation sites excluding steroid dienone is 4. The molecule has 2 unspecified atom stereocenters. The minimum Gasteiger partial charge on any atom is -0.477 e. The predicted octanol–water partition coefficient (Wildman–Crippen LogP) is 13.6. The average molecular weight is 821 g/mol. The molecule has 0 aliphatic carbocycles. The van der Waals surface area contributed by atoms with Crippen molar-refractivity contribution < 1.29 is 38.2 Å². The van der Waals surface area contributed by atoms with Crippen LogP contribution in [-0.4, -0.2) is 80.6 Å². The second-order valence-electron chi connectivity index (χ2n) is 17.8.